The lowest BCUT2D eigenvalue weighted by Gasteiger charge is -1.90. The average molecular weight is 138 g/mol. The van der Waals surface area contributed by atoms with Crippen LogP contribution < -0.4 is 0 Å². The minimum Gasteiger partial charge on any atom is -0.185 e. The van der Waals surface area contributed by atoms with E-state index in [1.165, 1.54) is 4.80 Å². The van der Waals surface area contributed by atoms with Crippen LogP contribution in [0.2, 0.25) is 0 Å². The molecule has 0 bridgehead atoms. The molecule has 10 heavy (non-hydrogen) atoms. The fourth-order valence-electron chi connectivity index (χ4n) is 0.538. The van der Waals surface area contributed by atoms with Crippen LogP contribution in [-0.4, -0.2) is 21.5 Å². The van der Waals surface area contributed by atoms with Gasteiger partial charge in [0.25, 0.3) is 0 Å². The summed E-state index contributed by atoms with van der Waals surface area (Å²) in [6.45, 7) is 0.933. The highest BCUT2D eigenvalue weighted by molar-refractivity contribution is 4.60. The van der Waals surface area contributed by atoms with Crippen LogP contribution in [0.1, 0.15) is 0 Å². The monoisotopic (exact) mass is 138 g/mol. The molecule has 0 spiro atoms. The van der Waals surface area contributed by atoms with Crippen LogP contribution in [0.25, 0.3) is 10.4 Å². The fraction of sp³-hybridized carbons (Fsp3) is 0.500. The van der Waals surface area contributed by atoms with Crippen molar-refractivity contribution in [1.29, 1.82) is 0 Å². The summed E-state index contributed by atoms with van der Waals surface area (Å²) in [4.78, 5) is 4.06. The first-order valence-electron chi connectivity index (χ1n) is 2.78. The molecular formula is C4H6N6. The predicted octanol–water partition coefficient (Wildman–Crippen LogP) is 0.588. The van der Waals surface area contributed by atoms with E-state index in [1.807, 2.05) is 0 Å². The molecule has 0 aliphatic rings. The van der Waals surface area contributed by atoms with Crippen LogP contribution in [-0.2, 0) is 6.54 Å². The highest BCUT2D eigenvalue weighted by atomic mass is 15.5. The summed E-state index contributed by atoms with van der Waals surface area (Å²) < 4.78 is 0. The standard InChI is InChI=1S/C4H6N6/c5-9-6-3-4-10-7-1-2-8-10/h1-2H,3-4H2. The van der Waals surface area contributed by atoms with Crippen molar-refractivity contribution in [2.24, 2.45) is 5.11 Å². The van der Waals surface area contributed by atoms with Gasteiger partial charge in [0.1, 0.15) is 0 Å². The molecule has 0 atom stereocenters. The molecule has 0 saturated heterocycles. The minimum absolute atomic E-state index is 0.394. The van der Waals surface area contributed by atoms with Gasteiger partial charge in [0.2, 0.25) is 0 Å². The van der Waals surface area contributed by atoms with E-state index < -0.39 is 0 Å². The Labute approximate surface area is 57.1 Å². The second-order valence-electron chi connectivity index (χ2n) is 1.58. The Morgan fingerprint density at radius 3 is 2.80 bits per heavy atom. The highest BCUT2D eigenvalue weighted by Gasteiger charge is 1.86. The molecule has 0 saturated carbocycles. The van der Waals surface area contributed by atoms with Gasteiger partial charge in [0.15, 0.2) is 0 Å². The van der Waals surface area contributed by atoms with Crippen molar-refractivity contribution in [3.8, 4) is 0 Å². The van der Waals surface area contributed by atoms with E-state index in [0.717, 1.165) is 0 Å². The van der Waals surface area contributed by atoms with Gasteiger partial charge in [-0.15, -0.1) is 0 Å². The summed E-state index contributed by atoms with van der Waals surface area (Å²) >= 11 is 0. The molecule has 0 radical (unpaired) electrons. The molecular weight excluding hydrogens is 132 g/mol. The van der Waals surface area contributed by atoms with Crippen LogP contribution in [0.5, 0.6) is 0 Å². The maximum atomic E-state index is 7.90. The molecule has 6 heteroatoms. The van der Waals surface area contributed by atoms with E-state index >= 15 is 0 Å². The van der Waals surface area contributed by atoms with E-state index in [9.17, 15) is 0 Å². The first kappa shape index (κ1) is 6.57. The summed E-state index contributed by atoms with van der Waals surface area (Å²) in [6.07, 6.45) is 3.16. The van der Waals surface area contributed by atoms with E-state index in [-0.39, 0.29) is 0 Å². The topological polar surface area (TPSA) is 79.5 Å². The zero-order chi connectivity index (χ0) is 7.23. The summed E-state index contributed by atoms with van der Waals surface area (Å²) in [5.74, 6) is 0. The van der Waals surface area contributed by atoms with Crippen molar-refractivity contribution in [2.45, 2.75) is 6.54 Å². The first-order chi connectivity index (χ1) is 4.93. The van der Waals surface area contributed by atoms with E-state index in [2.05, 4.69) is 20.2 Å². The Bertz CT molecular complexity index is 220. The van der Waals surface area contributed by atoms with Crippen molar-refractivity contribution in [2.75, 3.05) is 6.54 Å². The van der Waals surface area contributed by atoms with E-state index in [4.69, 9.17) is 5.53 Å². The lowest BCUT2D eigenvalue weighted by Crippen LogP contribution is -2.03. The number of nitrogens with zero attached hydrogens (tertiary/aromatic N) is 6. The summed E-state index contributed by atoms with van der Waals surface area (Å²) in [5.41, 5.74) is 7.90. The van der Waals surface area contributed by atoms with Crippen molar-refractivity contribution in [3.63, 3.8) is 0 Å². The number of hydrogen-bond acceptors (Lipinski definition) is 3. The predicted molar refractivity (Wildman–Crippen MR) is 34.0 cm³/mol. The van der Waals surface area contributed by atoms with Crippen LogP contribution in [0, 0.1) is 0 Å². The molecule has 52 valence electrons. The van der Waals surface area contributed by atoms with Gasteiger partial charge in [-0.25, -0.2) is 0 Å². The Kier molecular flexibility index (Phi) is 2.28. The number of azide groups is 1. The quantitative estimate of drug-likeness (QED) is 0.348. The minimum atomic E-state index is 0.394. The van der Waals surface area contributed by atoms with Crippen LogP contribution in [0.15, 0.2) is 17.5 Å². The molecule has 0 aromatic carbocycles. The lowest BCUT2D eigenvalue weighted by molar-refractivity contribution is 0.545. The molecule has 0 fully saturated rings. The van der Waals surface area contributed by atoms with Gasteiger partial charge in [-0.2, -0.15) is 15.0 Å². The van der Waals surface area contributed by atoms with Crippen LogP contribution in [0.3, 0.4) is 0 Å². The second-order valence-corrected chi connectivity index (χ2v) is 1.58. The Morgan fingerprint density at radius 2 is 2.20 bits per heavy atom. The zero-order valence-electron chi connectivity index (χ0n) is 5.25. The van der Waals surface area contributed by atoms with Crippen molar-refractivity contribution < 1.29 is 0 Å². The van der Waals surface area contributed by atoms with Crippen molar-refractivity contribution in [3.05, 3.63) is 22.8 Å². The van der Waals surface area contributed by atoms with Crippen molar-refractivity contribution in [1.82, 2.24) is 15.0 Å². The van der Waals surface area contributed by atoms with Gasteiger partial charge in [-0.3, -0.25) is 0 Å². The Balaban J connectivity index is 2.34. The molecule has 0 aliphatic carbocycles. The molecule has 1 aromatic rings. The molecule has 0 N–H and O–H groups in total. The van der Waals surface area contributed by atoms with Gasteiger partial charge in [0, 0.05) is 11.5 Å². The molecule has 1 aromatic heterocycles. The summed E-state index contributed by atoms with van der Waals surface area (Å²) in [7, 11) is 0. The lowest BCUT2D eigenvalue weighted by atomic mass is 10.7. The molecule has 1 rings (SSSR count). The Morgan fingerprint density at radius 1 is 1.50 bits per heavy atom. The van der Waals surface area contributed by atoms with Gasteiger partial charge in [-0.05, 0) is 5.53 Å². The highest BCUT2D eigenvalue weighted by Crippen LogP contribution is 1.79. The second kappa shape index (κ2) is 3.47. The molecule has 0 unspecified atom stereocenters. The normalized spacial score (nSPS) is 8.80. The maximum absolute atomic E-state index is 7.90. The number of rotatable bonds is 3. The van der Waals surface area contributed by atoms with Gasteiger partial charge < -0.3 is 0 Å². The van der Waals surface area contributed by atoms with E-state index in [0.29, 0.717) is 13.1 Å². The summed E-state index contributed by atoms with van der Waals surface area (Å²) in [6, 6.07) is 0. The van der Waals surface area contributed by atoms with E-state index in [1.54, 1.807) is 12.4 Å². The maximum Gasteiger partial charge on any atom is 0.0693 e. The third kappa shape index (κ3) is 1.75. The molecule has 1 heterocycles. The third-order valence-corrected chi connectivity index (χ3v) is 0.930. The zero-order valence-corrected chi connectivity index (χ0v) is 5.25. The summed E-state index contributed by atoms with van der Waals surface area (Å²) in [5, 5.41) is 10.9. The fourth-order valence-corrected chi connectivity index (χ4v) is 0.538. The third-order valence-electron chi connectivity index (χ3n) is 0.930. The number of hydrogen-bond donors (Lipinski definition) is 0. The van der Waals surface area contributed by atoms with Gasteiger partial charge >= 0.3 is 0 Å². The molecule has 0 amide bonds. The average Bonchev–Trinajstić information content (AvgIpc) is 2.41. The smallest absolute Gasteiger partial charge is 0.0693 e. The largest absolute Gasteiger partial charge is 0.185 e. The molecule has 0 aliphatic heterocycles. The van der Waals surface area contributed by atoms with Gasteiger partial charge in [0.05, 0.1) is 18.9 Å². The van der Waals surface area contributed by atoms with Crippen LogP contribution in [0.4, 0.5) is 0 Å². The SMILES string of the molecule is [N-]=[N+]=NCCn1nccn1. The van der Waals surface area contributed by atoms with Crippen molar-refractivity contribution >= 4 is 0 Å². The Hall–Kier alpha value is -1.55. The van der Waals surface area contributed by atoms with Crippen LogP contribution >= 0.6 is 0 Å². The van der Waals surface area contributed by atoms with Gasteiger partial charge in [-0.1, -0.05) is 5.11 Å². The number of aromatic nitrogens is 3. The molecule has 6 nitrogen and oxygen atoms in total. The first-order valence-corrected chi connectivity index (χ1v) is 2.78.